The molecule has 0 saturated heterocycles. The Labute approximate surface area is 143 Å². The Kier molecular flexibility index (Phi) is 4.14. The van der Waals surface area contributed by atoms with Gasteiger partial charge in [-0.05, 0) is 19.1 Å². The minimum atomic E-state index is -4.72. The molecule has 0 aliphatic heterocycles. The zero-order valence-electron chi connectivity index (χ0n) is 13.2. The van der Waals surface area contributed by atoms with Gasteiger partial charge < -0.3 is 10.4 Å². The number of aromatic amines is 1. The van der Waals surface area contributed by atoms with Gasteiger partial charge in [-0.25, -0.2) is 14.3 Å². The van der Waals surface area contributed by atoms with Gasteiger partial charge >= 0.3 is 12.3 Å². The molecule has 8 nitrogen and oxygen atoms in total. The third-order valence-corrected chi connectivity index (χ3v) is 3.68. The summed E-state index contributed by atoms with van der Waals surface area (Å²) in [6.45, 7) is 1.37. The minimum absolute atomic E-state index is 0.149. The van der Waals surface area contributed by atoms with E-state index in [0.717, 1.165) is 16.7 Å². The Balaban J connectivity index is 2.40. The molecule has 3 N–H and O–H groups in total. The number of nitrogens with one attached hydrogen (secondary N) is 2. The number of rotatable bonds is 3. The molecule has 0 radical (unpaired) electrons. The fourth-order valence-corrected chi connectivity index (χ4v) is 2.60. The van der Waals surface area contributed by atoms with Crippen LogP contribution in [0.4, 0.5) is 18.0 Å². The summed E-state index contributed by atoms with van der Waals surface area (Å²) in [4.78, 5) is 27.8. The van der Waals surface area contributed by atoms with Gasteiger partial charge in [0.05, 0.1) is 28.7 Å². The van der Waals surface area contributed by atoms with Crippen molar-refractivity contribution in [1.82, 2.24) is 25.1 Å². The molecule has 3 aromatic rings. The fourth-order valence-electron chi connectivity index (χ4n) is 2.60. The van der Waals surface area contributed by atoms with Crippen LogP contribution in [0.15, 0.2) is 35.3 Å². The van der Waals surface area contributed by atoms with Gasteiger partial charge in [0.2, 0.25) is 0 Å². The molecule has 0 bridgehead atoms. The monoisotopic (exact) mass is 367 g/mol. The van der Waals surface area contributed by atoms with Crippen molar-refractivity contribution >= 4 is 17.0 Å². The lowest BCUT2D eigenvalue weighted by Crippen LogP contribution is -2.33. The molecule has 0 saturated carbocycles. The van der Waals surface area contributed by atoms with E-state index in [1.165, 1.54) is 25.3 Å². The molecule has 0 aliphatic rings. The highest BCUT2D eigenvalue weighted by Crippen LogP contribution is 2.33. The second-order valence-electron chi connectivity index (χ2n) is 5.42. The number of H-pyrrole nitrogens is 1. The van der Waals surface area contributed by atoms with E-state index in [1.54, 1.807) is 0 Å². The van der Waals surface area contributed by atoms with E-state index in [4.69, 9.17) is 5.11 Å². The van der Waals surface area contributed by atoms with Crippen molar-refractivity contribution in [2.75, 3.05) is 0 Å². The third kappa shape index (κ3) is 2.98. The fraction of sp³-hybridized carbons (Fsp3) is 0.200. The summed E-state index contributed by atoms with van der Waals surface area (Å²) in [5.74, 6) is -0.0540. The highest BCUT2D eigenvalue weighted by molar-refractivity contribution is 5.82. The maximum Gasteiger partial charge on any atom is 0.418 e. The number of para-hydroxylation sites is 1. The summed E-state index contributed by atoms with van der Waals surface area (Å²) in [5, 5.41) is 17.0. The molecular formula is C15H12F3N5O3. The van der Waals surface area contributed by atoms with Gasteiger partial charge in [-0.1, -0.05) is 6.07 Å². The topological polar surface area (TPSA) is 113 Å². The average Bonchev–Trinajstić information content (AvgIpc) is 3.06. The van der Waals surface area contributed by atoms with Gasteiger partial charge in [-0.2, -0.15) is 18.3 Å². The number of fused-ring (bicyclic) bond motifs is 1. The Hall–Kier alpha value is -3.37. The van der Waals surface area contributed by atoms with Crippen molar-refractivity contribution in [3.05, 3.63) is 52.2 Å². The normalized spacial score (nSPS) is 12.9. The first-order valence-electron chi connectivity index (χ1n) is 7.32. The molecule has 2 aromatic heterocycles. The van der Waals surface area contributed by atoms with Crippen molar-refractivity contribution in [3.63, 3.8) is 0 Å². The second kappa shape index (κ2) is 6.17. The average molecular weight is 367 g/mol. The van der Waals surface area contributed by atoms with Crippen LogP contribution in [0.5, 0.6) is 0 Å². The first-order valence-corrected chi connectivity index (χ1v) is 7.32. The van der Waals surface area contributed by atoms with Crippen LogP contribution in [0.25, 0.3) is 16.7 Å². The summed E-state index contributed by atoms with van der Waals surface area (Å²) in [5.41, 5.74) is -2.40. The molecule has 1 atom stereocenters. The molecule has 0 fully saturated rings. The minimum Gasteiger partial charge on any atom is -0.465 e. The van der Waals surface area contributed by atoms with Crippen molar-refractivity contribution in [2.24, 2.45) is 0 Å². The number of benzene rings is 1. The Morgan fingerprint density at radius 1 is 1.35 bits per heavy atom. The number of amides is 1. The second-order valence-corrected chi connectivity index (χ2v) is 5.42. The van der Waals surface area contributed by atoms with Crippen LogP contribution in [0.3, 0.4) is 0 Å². The summed E-state index contributed by atoms with van der Waals surface area (Å²) in [6, 6.07) is 3.51. The lowest BCUT2D eigenvalue weighted by Gasteiger charge is -2.18. The molecule has 136 valence electrons. The first kappa shape index (κ1) is 17.5. The summed E-state index contributed by atoms with van der Waals surface area (Å²) in [6.07, 6.45) is -4.79. The number of hydrogen-bond donors (Lipinski definition) is 3. The molecule has 2 heterocycles. The number of nitrogens with zero attached hydrogens (tertiary/aromatic N) is 3. The van der Waals surface area contributed by atoms with Crippen LogP contribution >= 0.6 is 0 Å². The summed E-state index contributed by atoms with van der Waals surface area (Å²) < 4.78 is 40.9. The van der Waals surface area contributed by atoms with E-state index in [9.17, 15) is 22.8 Å². The van der Waals surface area contributed by atoms with Crippen LogP contribution in [-0.2, 0) is 6.18 Å². The van der Waals surface area contributed by atoms with E-state index < -0.39 is 35.0 Å². The van der Waals surface area contributed by atoms with Crippen molar-refractivity contribution in [3.8, 4) is 5.82 Å². The number of halogens is 3. The maximum absolute atomic E-state index is 13.3. The zero-order valence-corrected chi connectivity index (χ0v) is 13.2. The van der Waals surface area contributed by atoms with Gasteiger partial charge in [-0.15, -0.1) is 0 Å². The highest BCUT2D eigenvalue weighted by Gasteiger charge is 2.34. The van der Waals surface area contributed by atoms with E-state index in [0.29, 0.717) is 0 Å². The predicted molar refractivity (Wildman–Crippen MR) is 84.1 cm³/mol. The molecule has 1 amide bonds. The number of carboxylic acid groups (broad SMARTS) is 1. The van der Waals surface area contributed by atoms with Crippen LogP contribution in [0.2, 0.25) is 0 Å². The molecule has 0 aliphatic carbocycles. The quantitative estimate of drug-likeness (QED) is 0.658. The summed E-state index contributed by atoms with van der Waals surface area (Å²) in [7, 11) is 0. The van der Waals surface area contributed by atoms with Crippen molar-refractivity contribution in [1.29, 1.82) is 0 Å². The predicted octanol–water partition coefficient (Wildman–Crippen LogP) is 2.46. The molecule has 26 heavy (non-hydrogen) atoms. The van der Waals surface area contributed by atoms with E-state index in [2.05, 4.69) is 20.5 Å². The molecule has 0 spiro atoms. The van der Waals surface area contributed by atoms with Crippen LogP contribution in [-0.4, -0.2) is 30.9 Å². The van der Waals surface area contributed by atoms with Gasteiger partial charge in [0.15, 0.2) is 0 Å². The van der Waals surface area contributed by atoms with Gasteiger partial charge in [-0.3, -0.25) is 9.89 Å². The van der Waals surface area contributed by atoms with E-state index >= 15 is 0 Å². The van der Waals surface area contributed by atoms with Gasteiger partial charge in [0.1, 0.15) is 11.6 Å². The Morgan fingerprint density at radius 3 is 2.65 bits per heavy atom. The van der Waals surface area contributed by atoms with E-state index in [1.807, 2.05) is 0 Å². The van der Waals surface area contributed by atoms with E-state index in [-0.39, 0.29) is 17.0 Å². The van der Waals surface area contributed by atoms with Crippen molar-refractivity contribution < 1.29 is 23.1 Å². The van der Waals surface area contributed by atoms with Crippen molar-refractivity contribution in [2.45, 2.75) is 19.1 Å². The number of aromatic nitrogens is 4. The molecular weight excluding hydrogens is 355 g/mol. The van der Waals surface area contributed by atoms with Gasteiger partial charge in [0, 0.05) is 6.07 Å². The zero-order chi connectivity index (χ0) is 19.1. The molecule has 11 heteroatoms. The van der Waals surface area contributed by atoms with Crippen LogP contribution < -0.4 is 10.9 Å². The summed E-state index contributed by atoms with van der Waals surface area (Å²) >= 11 is 0. The van der Waals surface area contributed by atoms with Gasteiger partial charge in [0.25, 0.3) is 5.56 Å². The molecule has 1 unspecified atom stereocenters. The number of carbonyl (C=O) groups is 1. The number of alkyl halides is 3. The maximum atomic E-state index is 13.3. The third-order valence-electron chi connectivity index (χ3n) is 3.68. The van der Waals surface area contributed by atoms with Crippen LogP contribution in [0.1, 0.15) is 24.4 Å². The largest absolute Gasteiger partial charge is 0.465 e. The van der Waals surface area contributed by atoms with Crippen LogP contribution in [0, 0.1) is 0 Å². The number of hydrogen-bond acceptors (Lipinski definition) is 4. The standard InChI is InChI=1S/C15H12F3N5O3/c1-7(20-14(25)26)12-21-11-8(3-2-4-9(11)15(16,17)18)13(24)23(12)10-5-6-19-22-10/h2-7,20H,1H3,(H,19,22)(H,25,26). The first-order chi connectivity index (χ1) is 12.2. The lowest BCUT2D eigenvalue weighted by atomic mass is 10.1. The molecule has 1 aromatic carbocycles. The Bertz CT molecular complexity index is 1030. The highest BCUT2D eigenvalue weighted by atomic mass is 19.4. The molecule has 3 rings (SSSR count). The smallest absolute Gasteiger partial charge is 0.418 e. The SMILES string of the molecule is CC(NC(=O)O)c1nc2c(C(F)(F)F)cccc2c(=O)n1-c1ccn[nH]1. The Morgan fingerprint density at radius 2 is 2.08 bits per heavy atom. The lowest BCUT2D eigenvalue weighted by molar-refractivity contribution is -0.136.